The third-order valence-electron chi connectivity index (χ3n) is 10.9. The molecule has 0 radical (unpaired) electrons. The molecule has 1 saturated heterocycles. The number of fused-ring (bicyclic) bond motifs is 1. The van der Waals surface area contributed by atoms with Gasteiger partial charge in [0, 0.05) is 6.42 Å². The molecule has 16 heteroatoms. The van der Waals surface area contributed by atoms with E-state index in [2.05, 4.69) is 28.2 Å². The summed E-state index contributed by atoms with van der Waals surface area (Å²) >= 11 is 0. The molecule has 3 heterocycles. The average Bonchev–Trinajstić information content (AvgIpc) is 3.79. The van der Waals surface area contributed by atoms with E-state index in [1.165, 1.54) is 81.6 Å². The largest absolute Gasteiger partial charge is 0.464 e. The second-order valence-corrected chi connectivity index (χ2v) is 17.1. The van der Waals surface area contributed by atoms with Crippen LogP contribution in [0.5, 0.6) is 5.75 Å². The molecule has 1 aliphatic heterocycles. The van der Waals surface area contributed by atoms with Crippen LogP contribution in [0, 0.1) is 17.2 Å². The van der Waals surface area contributed by atoms with Gasteiger partial charge in [-0.05, 0) is 43.5 Å². The molecule has 0 bridgehead atoms. The number of rotatable bonds is 28. The fourth-order valence-corrected chi connectivity index (χ4v) is 8.69. The number of hydrogen-bond donors (Lipinski definition) is 3. The number of carbonyl (C=O) groups excluding carboxylic acids is 2. The summed E-state index contributed by atoms with van der Waals surface area (Å²) < 4.78 is 45.1. The summed E-state index contributed by atoms with van der Waals surface area (Å²) in [5.74, 6) is -0.788. The minimum atomic E-state index is -4.41. The molecular weight excluding hydrogens is 775 g/mol. The highest BCUT2D eigenvalue weighted by molar-refractivity contribution is 7.52. The zero-order valence-electron chi connectivity index (χ0n) is 35.3. The van der Waals surface area contributed by atoms with Crippen LogP contribution >= 0.6 is 7.75 Å². The Kier molecular flexibility index (Phi) is 19.6. The zero-order chi connectivity index (χ0) is 42.7. The van der Waals surface area contributed by atoms with E-state index in [4.69, 9.17) is 29.0 Å². The molecule has 3 aromatic rings. The average molecular weight is 841 g/mol. The number of hydrogen-bond acceptors (Lipinski definition) is 13. The van der Waals surface area contributed by atoms with Crippen molar-refractivity contribution >= 4 is 31.0 Å². The summed E-state index contributed by atoms with van der Waals surface area (Å²) in [6.45, 7) is 7.31. The lowest BCUT2D eigenvalue weighted by atomic mass is 9.92. The standard InChI is InChI=1S/C43H65N6O9P/c1-5-8-9-10-11-12-13-14-15-16-17-18-22-25-38(50)56-40-39(51)36(57-43(40,30-44)37-27-26-35-41(45)46-31-47-49(35)37)29-55-59(53,58-34-23-20-19-21-24-34)48-32(4)42(52)54-28-33(6-2)7-3/h19-21,23-24,26-27,31-33,36,39-40,51H,5-18,22,25,28-29H2,1-4H3,(H,48,53)(H2,45,46,47)/t32-,36-,39-,40-,43+,59+/m1/s1. The van der Waals surface area contributed by atoms with Gasteiger partial charge in [-0.2, -0.15) is 15.4 Å². The van der Waals surface area contributed by atoms with Crippen molar-refractivity contribution in [2.75, 3.05) is 18.9 Å². The van der Waals surface area contributed by atoms with Gasteiger partial charge < -0.3 is 29.6 Å². The quantitative estimate of drug-likeness (QED) is 0.0357. The third-order valence-corrected chi connectivity index (χ3v) is 12.5. The Bertz CT molecular complexity index is 1820. The van der Waals surface area contributed by atoms with E-state index in [9.17, 15) is 24.5 Å². The van der Waals surface area contributed by atoms with Crippen molar-refractivity contribution < 1.29 is 42.5 Å². The van der Waals surface area contributed by atoms with Gasteiger partial charge in [-0.15, -0.1) is 0 Å². The van der Waals surface area contributed by atoms with E-state index >= 15 is 0 Å². The number of aliphatic hydroxyl groups excluding tert-OH is 1. The molecule has 0 spiro atoms. The lowest BCUT2D eigenvalue weighted by molar-refractivity contribution is -0.160. The Morgan fingerprint density at radius 1 is 0.983 bits per heavy atom. The molecule has 1 aliphatic rings. The van der Waals surface area contributed by atoms with E-state index < -0.39 is 56.2 Å². The first-order valence-corrected chi connectivity index (χ1v) is 23.0. The van der Waals surface area contributed by atoms with Crippen LogP contribution in [-0.4, -0.2) is 69.2 Å². The van der Waals surface area contributed by atoms with Crippen molar-refractivity contribution in [3.05, 3.63) is 54.5 Å². The van der Waals surface area contributed by atoms with Crippen molar-refractivity contribution in [3.63, 3.8) is 0 Å². The summed E-state index contributed by atoms with van der Waals surface area (Å²) in [6, 6.07) is 12.3. The number of para-hydroxylation sites is 1. The Morgan fingerprint density at radius 2 is 1.61 bits per heavy atom. The normalized spacial score (nSPS) is 20.6. The van der Waals surface area contributed by atoms with Crippen molar-refractivity contribution in [1.29, 1.82) is 5.26 Å². The molecule has 59 heavy (non-hydrogen) atoms. The van der Waals surface area contributed by atoms with Gasteiger partial charge in [-0.25, -0.2) is 14.1 Å². The number of aromatic nitrogens is 3. The summed E-state index contributed by atoms with van der Waals surface area (Å²) in [5, 5.41) is 29.5. The van der Waals surface area contributed by atoms with Crippen LogP contribution in [0.2, 0.25) is 0 Å². The SMILES string of the molecule is CCCCCCCCCCCCCCCC(=O)O[C@@H]1[C@H](O)[C@@H](CO[P@@](=O)(N[C@H](C)C(=O)OCC(CC)CC)Oc2ccccc2)O[C@@]1(C#N)c1ccc2c(N)ncnn12. The van der Waals surface area contributed by atoms with Gasteiger partial charge in [0.1, 0.15) is 41.9 Å². The first kappa shape index (κ1) is 47.6. The molecule has 15 nitrogen and oxygen atoms in total. The molecule has 0 amide bonds. The molecule has 0 saturated carbocycles. The van der Waals surface area contributed by atoms with Crippen molar-refractivity contribution in [3.8, 4) is 11.8 Å². The van der Waals surface area contributed by atoms with Crippen LogP contribution in [-0.2, 0) is 38.5 Å². The summed E-state index contributed by atoms with van der Waals surface area (Å²) in [5.41, 5.74) is 4.48. The smallest absolute Gasteiger partial charge is 0.459 e. The summed E-state index contributed by atoms with van der Waals surface area (Å²) in [7, 11) is -4.41. The van der Waals surface area contributed by atoms with Crippen LogP contribution < -0.4 is 15.3 Å². The number of unbranched alkanes of at least 4 members (excludes halogenated alkanes) is 12. The minimum Gasteiger partial charge on any atom is -0.464 e. The number of anilines is 1. The molecule has 1 fully saturated rings. The number of nitrogens with one attached hydrogen (secondary N) is 1. The van der Waals surface area contributed by atoms with Gasteiger partial charge >= 0.3 is 19.7 Å². The molecule has 4 rings (SSSR count). The highest BCUT2D eigenvalue weighted by Gasteiger charge is 2.60. The van der Waals surface area contributed by atoms with Gasteiger partial charge in [-0.3, -0.25) is 14.1 Å². The van der Waals surface area contributed by atoms with Crippen LogP contribution in [0.3, 0.4) is 0 Å². The number of nitrogens with zero attached hydrogens (tertiary/aromatic N) is 4. The van der Waals surface area contributed by atoms with Gasteiger partial charge in [0.15, 0.2) is 11.9 Å². The maximum absolute atomic E-state index is 14.4. The molecule has 2 aromatic heterocycles. The molecule has 326 valence electrons. The van der Waals surface area contributed by atoms with E-state index in [1.807, 2.05) is 13.8 Å². The van der Waals surface area contributed by atoms with E-state index in [1.54, 1.807) is 36.4 Å². The van der Waals surface area contributed by atoms with E-state index in [-0.39, 0.29) is 36.2 Å². The maximum atomic E-state index is 14.4. The fraction of sp³-hybridized carbons (Fsp3) is 0.651. The summed E-state index contributed by atoms with van der Waals surface area (Å²) in [6.07, 6.45) is 13.3. The predicted octanol–water partition coefficient (Wildman–Crippen LogP) is 8.34. The molecule has 4 N–H and O–H groups in total. The summed E-state index contributed by atoms with van der Waals surface area (Å²) in [4.78, 5) is 30.4. The molecular formula is C43H65N6O9P. The number of nitrogen functional groups attached to an aromatic ring is 1. The fourth-order valence-electron chi connectivity index (χ4n) is 7.19. The van der Waals surface area contributed by atoms with Gasteiger partial charge in [0.05, 0.1) is 18.9 Å². The number of esters is 2. The number of benzene rings is 1. The van der Waals surface area contributed by atoms with Crippen molar-refractivity contribution in [2.24, 2.45) is 5.92 Å². The monoisotopic (exact) mass is 840 g/mol. The second-order valence-electron chi connectivity index (χ2n) is 15.4. The van der Waals surface area contributed by atoms with E-state index in [0.29, 0.717) is 11.9 Å². The van der Waals surface area contributed by atoms with Crippen LogP contribution in [0.15, 0.2) is 48.8 Å². The molecule has 0 aliphatic carbocycles. The predicted molar refractivity (Wildman–Crippen MR) is 224 cm³/mol. The Hall–Kier alpha value is -4.06. The Balaban J connectivity index is 1.45. The van der Waals surface area contributed by atoms with Crippen molar-refractivity contribution in [1.82, 2.24) is 19.7 Å². The number of nitriles is 1. The lowest BCUT2D eigenvalue weighted by Crippen LogP contribution is -2.44. The van der Waals surface area contributed by atoms with Gasteiger partial charge in [-0.1, -0.05) is 129 Å². The molecule has 0 unspecified atom stereocenters. The third kappa shape index (κ3) is 13.7. The number of carbonyl (C=O) groups is 2. The zero-order valence-corrected chi connectivity index (χ0v) is 36.2. The highest BCUT2D eigenvalue weighted by atomic mass is 31.2. The first-order chi connectivity index (χ1) is 28.5. The van der Waals surface area contributed by atoms with Crippen LogP contribution in [0.4, 0.5) is 5.82 Å². The topological polar surface area (TPSA) is 210 Å². The second kappa shape index (κ2) is 24.3. The number of ether oxygens (including phenoxy) is 3. The van der Waals surface area contributed by atoms with Gasteiger partial charge in [0.25, 0.3) is 0 Å². The van der Waals surface area contributed by atoms with Crippen molar-refractivity contribution in [2.45, 2.75) is 160 Å². The number of nitrogens with two attached hydrogens (primary N) is 1. The highest BCUT2D eigenvalue weighted by Crippen LogP contribution is 2.48. The minimum absolute atomic E-state index is 0.0724. The van der Waals surface area contributed by atoms with Crippen LogP contribution in [0.1, 0.15) is 136 Å². The lowest BCUT2D eigenvalue weighted by Gasteiger charge is -2.27. The molecule has 1 aromatic carbocycles. The maximum Gasteiger partial charge on any atom is 0.459 e. The van der Waals surface area contributed by atoms with E-state index in [0.717, 1.165) is 32.1 Å². The first-order valence-electron chi connectivity index (χ1n) is 21.5. The molecule has 6 atom stereocenters. The Morgan fingerprint density at radius 3 is 2.22 bits per heavy atom. The Labute approximate surface area is 349 Å². The van der Waals surface area contributed by atoms with Gasteiger partial charge in [0.2, 0.25) is 5.60 Å². The van der Waals surface area contributed by atoms with Crippen LogP contribution in [0.25, 0.3) is 5.52 Å². The number of aliphatic hydroxyl groups is 1.